The van der Waals surface area contributed by atoms with Crippen molar-refractivity contribution in [3.8, 4) is 0 Å². The maximum Gasteiger partial charge on any atom is 0.509 e. The third-order valence-corrected chi connectivity index (χ3v) is 9.52. The fraction of sp³-hybridized carbons (Fsp3) is 0.892. The number of hydrogen-bond acceptors (Lipinski definition) is 13. The summed E-state index contributed by atoms with van der Waals surface area (Å²) in [4.78, 5) is 47.1. The molecule has 3 aliphatic rings. The minimum atomic E-state index is -0.784. The number of esters is 3. The highest BCUT2D eigenvalue weighted by molar-refractivity contribution is 5.77. The normalized spacial score (nSPS) is 23.2. The van der Waals surface area contributed by atoms with Gasteiger partial charge >= 0.3 is 24.1 Å². The lowest BCUT2D eigenvalue weighted by atomic mass is 9.84. The largest absolute Gasteiger partial charge is 0.509 e. The predicted molar refractivity (Wildman–Crippen MR) is 185 cm³/mol. The highest BCUT2D eigenvalue weighted by atomic mass is 16.8. The monoisotopic (exact) mass is 718 g/mol. The Hall–Kier alpha value is -2.48. The van der Waals surface area contributed by atoms with Crippen LogP contribution in [-0.4, -0.2) is 105 Å². The first-order valence-corrected chi connectivity index (χ1v) is 17.9. The van der Waals surface area contributed by atoms with Crippen LogP contribution in [0.2, 0.25) is 0 Å². The van der Waals surface area contributed by atoms with Crippen LogP contribution in [0, 0.1) is 21.7 Å². The van der Waals surface area contributed by atoms with Crippen LogP contribution in [0.15, 0.2) is 0 Å². The van der Waals surface area contributed by atoms with Gasteiger partial charge in [0.15, 0.2) is 18.3 Å². The van der Waals surface area contributed by atoms with Crippen molar-refractivity contribution in [2.75, 3.05) is 46.2 Å². The first-order chi connectivity index (χ1) is 23.0. The molecular weight excluding hydrogens is 652 g/mol. The first kappa shape index (κ1) is 45.5. The minimum Gasteiger partial charge on any atom is -0.465 e. The highest BCUT2D eigenvalue weighted by Gasteiger charge is 2.41. The lowest BCUT2D eigenvalue weighted by molar-refractivity contribution is -0.178. The minimum absolute atomic E-state index is 0.0928. The summed E-state index contributed by atoms with van der Waals surface area (Å²) < 4.78 is 41.6. The molecule has 3 saturated heterocycles. The predicted octanol–water partition coefficient (Wildman–Crippen LogP) is 5.80. The van der Waals surface area contributed by atoms with E-state index in [4.69, 9.17) is 37.9 Å². The third-order valence-electron chi connectivity index (χ3n) is 9.52. The van der Waals surface area contributed by atoms with E-state index in [1.165, 1.54) is 0 Å². The van der Waals surface area contributed by atoms with Crippen molar-refractivity contribution in [3.05, 3.63) is 0 Å². The van der Waals surface area contributed by atoms with Gasteiger partial charge in [0.2, 0.25) is 0 Å². The molecule has 0 amide bonds. The number of hydrogen-bond donors (Lipinski definition) is 1. The summed E-state index contributed by atoms with van der Waals surface area (Å²) in [5, 5.41) is 9.37. The Morgan fingerprint density at radius 1 is 0.620 bits per heavy atom. The summed E-state index contributed by atoms with van der Waals surface area (Å²) in [7, 11) is 0. The fourth-order valence-corrected chi connectivity index (χ4v) is 3.99. The number of carbonyl (C=O) groups excluding carboxylic acids is 4. The van der Waals surface area contributed by atoms with E-state index in [9.17, 15) is 24.3 Å². The van der Waals surface area contributed by atoms with E-state index >= 15 is 0 Å². The number of carbonyl (C=O) groups is 4. The standard InChI is InChI=1S/C15H26O6.C12H22O3.C10H18O4/c1-7-15(5,6)12(16)19-10-8-18-9-11(10)20-13(17)21-14(2,3)4;1-5-11(3,4)10(13)15-9-12(6-2)7-14-8-12;1-4-10(2,3)9(12)14-8-6-13-5-7(8)11/h10-11H,7-9H2,1-6H3;5-9H2,1-4H3;7-8,11H,4-6H2,1-3H3. The summed E-state index contributed by atoms with van der Waals surface area (Å²) in [5.74, 6) is -0.683. The van der Waals surface area contributed by atoms with E-state index in [0.29, 0.717) is 19.6 Å². The van der Waals surface area contributed by atoms with Crippen molar-refractivity contribution in [1.29, 1.82) is 0 Å². The van der Waals surface area contributed by atoms with Gasteiger partial charge in [-0.15, -0.1) is 0 Å². The first-order valence-electron chi connectivity index (χ1n) is 17.9. The zero-order valence-electron chi connectivity index (χ0n) is 32.9. The molecule has 50 heavy (non-hydrogen) atoms. The maximum atomic E-state index is 12.1. The molecule has 3 rings (SSSR count). The van der Waals surface area contributed by atoms with E-state index in [2.05, 4.69) is 6.92 Å². The Morgan fingerprint density at radius 2 is 1.04 bits per heavy atom. The van der Waals surface area contributed by atoms with Crippen LogP contribution in [0.25, 0.3) is 0 Å². The van der Waals surface area contributed by atoms with Gasteiger partial charge in [-0.05, 0) is 88.0 Å². The molecule has 4 unspecified atom stereocenters. The SMILES string of the molecule is CCC(C)(C)C(=O)OC1COCC1O.CCC(C)(C)C(=O)OC1COCC1OC(=O)OC(C)(C)C.CCC1(COC(=O)C(C)(C)CC)COC1. The second-order valence-electron chi connectivity index (χ2n) is 16.3. The lowest BCUT2D eigenvalue weighted by Gasteiger charge is -2.40. The molecule has 0 saturated carbocycles. The molecule has 0 bridgehead atoms. The Bertz CT molecular complexity index is 1080. The molecule has 3 fully saturated rings. The Kier molecular flexibility index (Phi) is 17.7. The van der Waals surface area contributed by atoms with Crippen LogP contribution in [0.1, 0.15) is 116 Å². The lowest BCUT2D eigenvalue weighted by Crippen LogP contribution is -2.47. The second-order valence-corrected chi connectivity index (χ2v) is 16.3. The number of rotatable bonds is 12. The van der Waals surface area contributed by atoms with Crippen molar-refractivity contribution in [3.63, 3.8) is 0 Å². The van der Waals surface area contributed by atoms with E-state index in [0.717, 1.165) is 32.5 Å². The topological polar surface area (TPSA) is 162 Å². The number of aliphatic hydroxyl groups excluding tert-OH is 1. The number of ether oxygens (including phenoxy) is 8. The molecule has 13 nitrogen and oxygen atoms in total. The van der Waals surface area contributed by atoms with Gasteiger partial charge in [0.1, 0.15) is 18.3 Å². The van der Waals surface area contributed by atoms with Crippen LogP contribution in [0.4, 0.5) is 4.79 Å². The van der Waals surface area contributed by atoms with Gasteiger partial charge in [-0.25, -0.2) is 4.79 Å². The Morgan fingerprint density at radius 3 is 1.42 bits per heavy atom. The summed E-state index contributed by atoms with van der Waals surface area (Å²) in [6, 6.07) is 0. The van der Waals surface area contributed by atoms with Gasteiger partial charge < -0.3 is 43.0 Å². The van der Waals surface area contributed by atoms with Crippen LogP contribution in [0.3, 0.4) is 0 Å². The Balaban J connectivity index is 0.000000385. The quantitative estimate of drug-likeness (QED) is 0.190. The van der Waals surface area contributed by atoms with E-state index < -0.39 is 47.0 Å². The van der Waals surface area contributed by atoms with Gasteiger partial charge in [-0.1, -0.05) is 27.7 Å². The molecule has 292 valence electrons. The van der Waals surface area contributed by atoms with Gasteiger partial charge in [0.05, 0.1) is 61.3 Å². The van der Waals surface area contributed by atoms with Crippen molar-refractivity contribution in [2.45, 2.75) is 146 Å². The van der Waals surface area contributed by atoms with Crippen molar-refractivity contribution in [2.24, 2.45) is 21.7 Å². The van der Waals surface area contributed by atoms with Crippen LogP contribution in [0.5, 0.6) is 0 Å². The zero-order valence-corrected chi connectivity index (χ0v) is 32.9. The van der Waals surface area contributed by atoms with Gasteiger partial charge in [0, 0.05) is 0 Å². The van der Waals surface area contributed by atoms with Crippen LogP contribution < -0.4 is 0 Å². The zero-order chi connectivity index (χ0) is 38.6. The smallest absolute Gasteiger partial charge is 0.465 e. The summed E-state index contributed by atoms with van der Waals surface area (Å²) in [5.41, 5.74) is -1.95. The Labute approximate surface area is 299 Å². The van der Waals surface area contributed by atoms with Gasteiger partial charge in [-0.2, -0.15) is 0 Å². The van der Waals surface area contributed by atoms with Crippen LogP contribution in [-0.2, 0) is 52.3 Å². The van der Waals surface area contributed by atoms with Crippen molar-refractivity contribution < 1.29 is 62.2 Å². The highest BCUT2D eigenvalue weighted by Crippen LogP contribution is 2.33. The van der Waals surface area contributed by atoms with Gasteiger partial charge in [-0.3, -0.25) is 14.4 Å². The molecule has 0 aromatic carbocycles. The van der Waals surface area contributed by atoms with Crippen molar-refractivity contribution in [1.82, 2.24) is 0 Å². The average Bonchev–Trinajstić information content (AvgIpc) is 3.63. The second kappa shape index (κ2) is 19.4. The third kappa shape index (κ3) is 14.6. The molecule has 3 aliphatic heterocycles. The average molecular weight is 719 g/mol. The molecule has 0 aliphatic carbocycles. The number of aliphatic hydroxyl groups is 1. The van der Waals surface area contributed by atoms with E-state index in [1.54, 1.807) is 20.8 Å². The van der Waals surface area contributed by atoms with E-state index in [1.807, 2.05) is 62.3 Å². The van der Waals surface area contributed by atoms with Crippen LogP contribution >= 0.6 is 0 Å². The molecular formula is C37H66O13. The fourth-order valence-electron chi connectivity index (χ4n) is 3.99. The molecule has 0 aromatic heterocycles. The van der Waals surface area contributed by atoms with Crippen molar-refractivity contribution >= 4 is 24.1 Å². The summed E-state index contributed by atoms with van der Waals surface area (Å²) >= 11 is 0. The summed E-state index contributed by atoms with van der Waals surface area (Å²) in [6.07, 6.45) is 0.0295. The van der Waals surface area contributed by atoms with Gasteiger partial charge in [0.25, 0.3) is 0 Å². The maximum absolute atomic E-state index is 12.1. The molecule has 0 aromatic rings. The molecule has 4 atom stereocenters. The molecule has 0 radical (unpaired) electrons. The molecule has 3 heterocycles. The molecule has 1 N–H and O–H groups in total. The summed E-state index contributed by atoms with van der Waals surface area (Å²) in [6.45, 7) is 27.3. The molecule has 13 heteroatoms. The molecule has 0 spiro atoms. The van der Waals surface area contributed by atoms with E-state index in [-0.39, 0.29) is 48.6 Å².